The van der Waals surface area contributed by atoms with E-state index in [1.807, 2.05) is 16.4 Å². The summed E-state index contributed by atoms with van der Waals surface area (Å²) in [4.78, 5) is 12.8. The number of carbonyl (C=O) groups excluding carboxylic acids is 1. The normalized spacial score (nSPS) is 18.0. The van der Waals surface area contributed by atoms with Crippen LogP contribution in [0.5, 0.6) is 0 Å². The van der Waals surface area contributed by atoms with E-state index in [2.05, 4.69) is 5.32 Å². The van der Waals surface area contributed by atoms with Gasteiger partial charge in [0.1, 0.15) is 28.1 Å². The number of amides is 1. The second-order valence-electron chi connectivity index (χ2n) is 7.81. The summed E-state index contributed by atoms with van der Waals surface area (Å²) in [5, 5.41) is 3.43. The number of furan rings is 1. The maximum atomic E-state index is 13.4. The minimum Gasteiger partial charge on any atom is -0.455 e. The summed E-state index contributed by atoms with van der Waals surface area (Å²) in [5.74, 6) is -0.186. The molecule has 1 spiro atoms. The first-order chi connectivity index (χ1) is 13.9. The average Bonchev–Trinajstić information content (AvgIpc) is 3.39. The van der Waals surface area contributed by atoms with Gasteiger partial charge >= 0.3 is 0 Å². The highest BCUT2D eigenvalue weighted by molar-refractivity contribution is 7.85. The molecule has 0 radical (unpaired) electrons. The zero-order chi connectivity index (χ0) is 20.3. The molecule has 0 saturated heterocycles. The van der Waals surface area contributed by atoms with Crippen LogP contribution in [0.25, 0.3) is 22.3 Å². The topological polar surface area (TPSA) is 62.6 Å². The fourth-order valence-electron chi connectivity index (χ4n) is 4.43. The van der Waals surface area contributed by atoms with Gasteiger partial charge in [0, 0.05) is 36.9 Å². The van der Waals surface area contributed by atoms with Crippen molar-refractivity contribution in [2.24, 2.45) is 0 Å². The first-order valence-corrected chi connectivity index (χ1v) is 11.2. The summed E-state index contributed by atoms with van der Waals surface area (Å²) < 4.78 is 33.7. The van der Waals surface area contributed by atoms with Crippen molar-refractivity contribution in [3.8, 4) is 11.3 Å². The summed E-state index contributed by atoms with van der Waals surface area (Å²) >= 11 is 0. The third-order valence-electron chi connectivity index (χ3n) is 6.16. The molecule has 5 rings (SSSR count). The van der Waals surface area contributed by atoms with Gasteiger partial charge in [0.2, 0.25) is 0 Å². The number of nitrogens with one attached hydrogen (secondary N) is 1. The highest BCUT2D eigenvalue weighted by Gasteiger charge is 2.49. The van der Waals surface area contributed by atoms with Crippen LogP contribution in [0, 0.1) is 5.82 Å². The number of fused-ring (bicyclic) bond motifs is 3. The number of benzene rings is 2. The summed E-state index contributed by atoms with van der Waals surface area (Å²) in [5.41, 5.74) is 3.83. The maximum Gasteiger partial charge on any atom is 0.255 e. The summed E-state index contributed by atoms with van der Waals surface area (Å²) in [6.45, 7) is 0.745. The van der Waals surface area contributed by atoms with Gasteiger partial charge in [-0.3, -0.25) is 9.10 Å². The lowest BCUT2D eigenvalue weighted by molar-refractivity contribution is 0.0964. The maximum absolute atomic E-state index is 13.4. The molecule has 2 aliphatic rings. The number of nitrogens with zero attached hydrogens (tertiary/aromatic N) is 1. The first-order valence-electron chi connectivity index (χ1n) is 9.64. The lowest BCUT2D eigenvalue weighted by atomic mass is 9.86. The summed E-state index contributed by atoms with van der Waals surface area (Å²) in [7, 11) is 0.443. The van der Waals surface area contributed by atoms with Crippen molar-refractivity contribution in [3.63, 3.8) is 0 Å². The van der Waals surface area contributed by atoms with Crippen molar-refractivity contribution >= 4 is 33.5 Å². The van der Waals surface area contributed by atoms with E-state index in [0.717, 1.165) is 42.4 Å². The van der Waals surface area contributed by atoms with Gasteiger partial charge in [0.05, 0.1) is 11.3 Å². The molecule has 1 aliphatic carbocycles. The Morgan fingerprint density at radius 1 is 1.21 bits per heavy atom. The van der Waals surface area contributed by atoms with Crippen molar-refractivity contribution in [1.82, 2.24) is 5.32 Å². The standard InChI is InChI=1S/C22H21FN2O3S/c1-24-21(26)19-15-11-16-17(25(29(2)27)10-9-22(16)7-8-22)12-18(15)28-20(19)13-3-5-14(23)6-4-13/h3-6,11-12H,7-10H2,1-2H3,(H,24,26). The van der Waals surface area contributed by atoms with E-state index in [0.29, 0.717) is 22.5 Å². The fraction of sp³-hybridized carbons (Fsp3) is 0.318. The van der Waals surface area contributed by atoms with Crippen molar-refractivity contribution in [3.05, 3.63) is 53.3 Å². The zero-order valence-corrected chi connectivity index (χ0v) is 17.1. The van der Waals surface area contributed by atoms with Crippen LogP contribution in [0.2, 0.25) is 0 Å². The highest BCUT2D eigenvalue weighted by Crippen LogP contribution is 2.57. The fourth-order valence-corrected chi connectivity index (χ4v) is 5.20. The van der Waals surface area contributed by atoms with Crippen LogP contribution in [0.15, 0.2) is 40.8 Å². The molecule has 1 atom stereocenters. The van der Waals surface area contributed by atoms with E-state index in [1.165, 1.54) is 12.1 Å². The molecule has 1 amide bonds. The van der Waals surface area contributed by atoms with Gasteiger partial charge < -0.3 is 9.73 Å². The predicted molar refractivity (Wildman–Crippen MR) is 112 cm³/mol. The largest absolute Gasteiger partial charge is 0.455 e. The Kier molecular flexibility index (Phi) is 4.07. The van der Waals surface area contributed by atoms with Gasteiger partial charge in [0.25, 0.3) is 5.91 Å². The number of rotatable bonds is 3. The Morgan fingerprint density at radius 3 is 2.55 bits per heavy atom. The molecule has 1 unspecified atom stereocenters. The van der Waals surface area contributed by atoms with E-state index in [-0.39, 0.29) is 17.1 Å². The lowest BCUT2D eigenvalue weighted by Gasteiger charge is -2.34. The molecule has 1 saturated carbocycles. The molecule has 0 bridgehead atoms. The molecule has 2 aromatic carbocycles. The summed E-state index contributed by atoms with van der Waals surface area (Å²) in [6, 6.07) is 9.86. The van der Waals surface area contributed by atoms with Gasteiger partial charge in [-0.1, -0.05) is 0 Å². The van der Waals surface area contributed by atoms with Crippen LogP contribution in [-0.4, -0.2) is 30.0 Å². The SMILES string of the molecule is CNC(=O)c1c(-c2ccc(F)cc2)oc2cc3c(cc12)C1(CCN3S(C)=O)CC1. The van der Waals surface area contributed by atoms with Crippen LogP contribution >= 0.6 is 0 Å². The monoisotopic (exact) mass is 412 g/mol. The van der Waals surface area contributed by atoms with Crippen LogP contribution in [0.4, 0.5) is 10.1 Å². The van der Waals surface area contributed by atoms with Crippen molar-refractivity contribution in [1.29, 1.82) is 0 Å². The molecule has 1 N–H and O–H groups in total. The minimum absolute atomic E-state index is 0.118. The van der Waals surface area contributed by atoms with Crippen LogP contribution in [0.1, 0.15) is 35.2 Å². The highest BCUT2D eigenvalue weighted by atomic mass is 32.2. The van der Waals surface area contributed by atoms with E-state index in [9.17, 15) is 13.4 Å². The van der Waals surface area contributed by atoms with Gasteiger partial charge in [-0.15, -0.1) is 0 Å². The molecule has 1 aliphatic heterocycles. The Balaban J connectivity index is 1.79. The Hall–Kier alpha value is -2.67. The molecule has 7 heteroatoms. The number of hydrogen-bond acceptors (Lipinski definition) is 3. The molecular weight excluding hydrogens is 391 g/mol. The molecule has 1 aromatic heterocycles. The smallest absolute Gasteiger partial charge is 0.255 e. The predicted octanol–water partition coefficient (Wildman–Crippen LogP) is 4.13. The van der Waals surface area contributed by atoms with E-state index < -0.39 is 11.0 Å². The molecular formula is C22H21FN2O3S. The van der Waals surface area contributed by atoms with Gasteiger partial charge in [0.15, 0.2) is 0 Å². The number of anilines is 1. The van der Waals surface area contributed by atoms with Gasteiger partial charge in [-0.25, -0.2) is 8.60 Å². The Labute approximate surface area is 170 Å². The van der Waals surface area contributed by atoms with Crippen molar-refractivity contribution in [2.45, 2.75) is 24.7 Å². The average molecular weight is 412 g/mol. The van der Waals surface area contributed by atoms with E-state index in [4.69, 9.17) is 4.42 Å². The summed E-state index contributed by atoms with van der Waals surface area (Å²) in [6.07, 6.45) is 4.85. The first kappa shape index (κ1) is 18.4. The lowest BCUT2D eigenvalue weighted by Crippen LogP contribution is -2.34. The Bertz CT molecular complexity index is 1170. The second kappa shape index (κ2) is 6.42. The molecule has 29 heavy (non-hydrogen) atoms. The van der Waals surface area contributed by atoms with Crippen molar-refractivity contribution < 1.29 is 17.8 Å². The molecule has 2 heterocycles. The van der Waals surface area contributed by atoms with Gasteiger partial charge in [-0.05, 0) is 60.6 Å². The molecule has 3 aromatic rings. The Morgan fingerprint density at radius 2 is 1.93 bits per heavy atom. The minimum atomic E-state index is -1.14. The van der Waals surface area contributed by atoms with Crippen molar-refractivity contribution in [2.75, 3.05) is 24.2 Å². The second-order valence-corrected chi connectivity index (χ2v) is 9.10. The molecule has 5 nitrogen and oxygen atoms in total. The number of carbonyl (C=O) groups is 1. The quantitative estimate of drug-likeness (QED) is 0.704. The van der Waals surface area contributed by atoms with E-state index in [1.54, 1.807) is 25.4 Å². The van der Waals surface area contributed by atoms with Crippen LogP contribution < -0.4 is 9.62 Å². The van der Waals surface area contributed by atoms with Crippen LogP contribution in [-0.2, 0) is 16.4 Å². The molecule has 1 fully saturated rings. The van der Waals surface area contributed by atoms with Crippen LogP contribution in [0.3, 0.4) is 0 Å². The third kappa shape index (κ3) is 2.79. The number of hydrogen-bond donors (Lipinski definition) is 1. The molecule has 150 valence electrons. The van der Waals surface area contributed by atoms with E-state index >= 15 is 0 Å². The zero-order valence-electron chi connectivity index (χ0n) is 16.3. The number of halogens is 1. The third-order valence-corrected chi connectivity index (χ3v) is 7.16. The van der Waals surface area contributed by atoms with Gasteiger partial charge in [-0.2, -0.15) is 0 Å².